The maximum absolute atomic E-state index is 5.85. The van der Waals surface area contributed by atoms with Gasteiger partial charge in [-0.2, -0.15) is 0 Å². The molecule has 1 N–H and O–H groups in total. The molecule has 0 saturated carbocycles. The Hall–Kier alpha value is -2.96. The zero-order valence-corrected chi connectivity index (χ0v) is 19.3. The van der Waals surface area contributed by atoms with Gasteiger partial charge in [-0.25, -0.2) is 0 Å². The van der Waals surface area contributed by atoms with E-state index in [-0.39, 0.29) is 12.1 Å². The van der Waals surface area contributed by atoms with Crippen LogP contribution in [0, 0.1) is 6.92 Å². The lowest BCUT2D eigenvalue weighted by molar-refractivity contribution is 0.549. The Labute approximate surface area is 195 Å². The van der Waals surface area contributed by atoms with Crippen LogP contribution < -0.4 is 10.2 Å². The molecule has 154 valence electrons. The number of rotatable bonds is 4. The molecular weight excluding hydrogens is 468 g/mol. The van der Waals surface area contributed by atoms with Crippen molar-refractivity contribution in [2.24, 2.45) is 0 Å². The molecule has 0 spiro atoms. The normalized spacial score (nSPS) is 18.3. The average Bonchev–Trinajstić information content (AvgIpc) is 3.41. The Balaban J connectivity index is 1.68. The van der Waals surface area contributed by atoms with Crippen LogP contribution in [0.3, 0.4) is 0 Å². The van der Waals surface area contributed by atoms with E-state index in [4.69, 9.17) is 12.2 Å². The first kappa shape index (κ1) is 20.0. The van der Waals surface area contributed by atoms with Crippen LogP contribution in [0.5, 0.6) is 0 Å². The highest BCUT2D eigenvalue weighted by atomic mass is 79.9. The molecule has 31 heavy (non-hydrogen) atoms. The van der Waals surface area contributed by atoms with Crippen LogP contribution in [0.4, 0.5) is 5.69 Å². The fourth-order valence-electron chi connectivity index (χ4n) is 4.17. The smallest absolute Gasteiger partial charge is 0.174 e. The number of para-hydroxylation sites is 1. The van der Waals surface area contributed by atoms with E-state index in [2.05, 4.69) is 109 Å². The summed E-state index contributed by atoms with van der Waals surface area (Å²) in [5.41, 5.74) is 5.45. The fraction of sp³-hybridized carbons (Fsp3) is 0.120. The van der Waals surface area contributed by atoms with E-state index in [1.165, 1.54) is 5.56 Å². The molecule has 1 aliphatic rings. The summed E-state index contributed by atoms with van der Waals surface area (Å²) in [6.45, 7) is 2.10. The van der Waals surface area contributed by atoms with Crippen molar-refractivity contribution in [1.29, 1.82) is 0 Å². The molecular formula is C25H21BrN4S. The molecule has 0 bridgehead atoms. The van der Waals surface area contributed by atoms with Crippen LogP contribution in [0.1, 0.15) is 29.0 Å². The number of benzene rings is 2. The lowest BCUT2D eigenvalue weighted by atomic mass is 10.0. The molecule has 0 aliphatic carbocycles. The maximum atomic E-state index is 5.85. The van der Waals surface area contributed by atoms with Gasteiger partial charge < -0.3 is 14.8 Å². The minimum atomic E-state index is -0.0741. The van der Waals surface area contributed by atoms with Gasteiger partial charge in [-0.1, -0.05) is 40.2 Å². The highest BCUT2D eigenvalue weighted by Gasteiger charge is 2.42. The third kappa shape index (κ3) is 3.66. The Kier molecular flexibility index (Phi) is 5.34. The quantitative estimate of drug-likeness (QED) is 0.350. The molecule has 0 amide bonds. The second-order valence-corrected chi connectivity index (χ2v) is 8.81. The topological polar surface area (TPSA) is 33.1 Å². The van der Waals surface area contributed by atoms with E-state index < -0.39 is 0 Å². The molecule has 5 rings (SSSR count). The van der Waals surface area contributed by atoms with Crippen LogP contribution in [0.15, 0.2) is 95.7 Å². The van der Waals surface area contributed by atoms with Crippen molar-refractivity contribution in [3.8, 4) is 5.69 Å². The predicted octanol–water partition coefficient (Wildman–Crippen LogP) is 6.12. The molecule has 2 unspecified atom stereocenters. The summed E-state index contributed by atoms with van der Waals surface area (Å²) in [6.07, 6.45) is 3.94. The largest absolute Gasteiger partial charge is 0.351 e. The van der Waals surface area contributed by atoms with Gasteiger partial charge in [-0.3, -0.25) is 4.98 Å². The summed E-state index contributed by atoms with van der Waals surface area (Å²) in [4.78, 5) is 6.86. The summed E-state index contributed by atoms with van der Waals surface area (Å²) >= 11 is 9.47. The van der Waals surface area contributed by atoms with Crippen molar-refractivity contribution in [2.45, 2.75) is 19.0 Å². The lowest BCUT2D eigenvalue weighted by Crippen LogP contribution is -2.30. The van der Waals surface area contributed by atoms with Gasteiger partial charge in [0.1, 0.15) is 6.04 Å². The van der Waals surface area contributed by atoms with Crippen molar-refractivity contribution in [2.75, 3.05) is 4.90 Å². The Morgan fingerprint density at radius 2 is 1.74 bits per heavy atom. The second-order valence-electron chi connectivity index (χ2n) is 7.57. The number of halogens is 1. The molecule has 1 saturated heterocycles. The SMILES string of the molecule is Cc1cc(N2C(=S)NC(c3ccccn3)C2c2cccn2-c2ccccc2)ccc1Br. The number of anilines is 1. The number of aryl methyl sites for hydroxylation is 1. The number of nitrogens with one attached hydrogen (secondary N) is 1. The summed E-state index contributed by atoms with van der Waals surface area (Å²) in [5, 5.41) is 4.24. The molecule has 1 aliphatic heterocycles. The number of nitrogens with zero attached hydrogens (tertiary/aromatic N) is 3. The first-order valence-electron chi connectivity index (χ1n) is 10.1. The zero-order chi connectivity index (χ0) is 21.4. The molecule has 6 heteroatoms. The monoisotopic (exact) mass is 488 g/mol. The first-order chi connectivity index (χ1) is 15.1. The van der Waals surface area contributed by atoms with Gasteiger partial charge in [0.15, 0.2) is 5.11 Å². The molecule has 1 fully saturated rings. The van der Waals surface area contributed by atoms with Crippen LogP contribution in [-0.2, 0) is 0 Å². The van der Waals surface area contributed by atoms with Crippen molar-refractivity contribution < 1.29 is 0 Å². The number of aromatic nitrogens is 2. The third-order valence-corrected chi connectivity index (χ3v) is 6.84. The van der Waals surface area contributed by atoms with Crippen molar-refractivity contribution in [3.05, 3.63) is 113 Å². The van der Waals surface area contributed by atoms with E-state index in [1.807, 2.05) is 24.4 Å². The molecule has 2 atom stereocenters. The number of hydrogen-bond donors (Lipinski definition) is 1. The average molecular weight is 489 g/mol. The van der Waals surface area contributed by atoms with Crippen molar-refractivity contribution in [1.82, 2.24) is 14.9 Å². The summed E-state index contributed by atoms with van der Waals surface area (Å²) in [7, 11) is 0. The van der Waals surface area contributed by atoms with Crippen LogP contribution >= 0.6 is 28.1 Å². The fourth-order valence-corrected chi connectivity index (χ4v) is 4.76. The second kappa shape index (κ2) is 8.29. The highest BCUT2D eigenvalue weighted by Crippen LogP contribution is 2.42. The van der Waals surface area contributed by atoms with Gasteiger partial charge in [0, 0.05) is 33.9 Å². The van der Waals surface area contributed by atoms with E-state index in [9.17, 15) is 0 Å². The summed E-state index contributed by atoms with van der Waals surface area (Å²) < 4.78 is 3.31. The first-order valence-corrected chi connectivity index (χ1v) is 11.3. The Morgan fingerprint density at radius 1 is 0.935 bits per heavy atom. The standard InChI is InChI=1S/C25H21BrN4S/c1-17-16-19(12-13-20(17)26)30-24(23(28-25(30)31)21-10-5-6-14-27-21)22-11-7-15-29(22)18-8-3-2-4-9-18/h2-16,23-24H,1H3,(H,28,31). The minimum Gasteiger partial charge on any atom is -0.351 e. The highest BCUT2D eigenvalue weighted by molar-refractivity contribution is 9.10. The van der Waals surface area contributed by atoms with Gasteiger partial charge in [0.25, 0.3) is 0 Å². The van der Waals surface area contributed by atoms with Gasteiger partial charge >= 0.3 is 0 Å². The molecule has 2 aromatic heterocycles. The van der Waals surface area contributed by atoms with E-state index in [0.29, 0.717) is 5.11 Å². The minimum absolute atomic E-state index is 0.0572. The molecule has 4 nitrogen and oxygen atoms in total. The van der Waals surface area contributed by atoms with Gasteiger partial charge in [0.05, 0.1) is 11.7 Å². The van der Waals surface area contributed by atoms with Gasteiger partial charge in [0.2, 0.25) is 0 Å². The number of pyridine rings is 1. The molecule has 3 heterocycles. The van der Waals surface area contributed by atoms with Crippen LogP contribution in [0.25, 0.3) is 5.69 Å². The Morgan fingerprint density at radius 3 is 2.48 bits per heavy atom. The van der Waals surface area contributed by atoms with Crippen LogP contribution in [0.2, 0.25) is 0 Å². The molecule has 2 aromatic carbocycles. The summed E-state index contributed by atoms with van der Waals surface area (Å²) in [5.74, 6) is 0. The maximum Gasteiger partial charge on any atom is 0.174 e. The van der Waals surface area contributed by atoms with E-state index >= 15 is 0 Å². The van der Waals surface area contributed by atoms with E-state index in [1.54, 1.807) is 0 Å². The Bertz CT molecular complexity index is 1220. The zero-order valence-electron chi connectivity index (χ0n) is 16.9. The lowest BCUT2D eigenvalue weighted by Gasteiger charge is -2.29. The van der Waals surface area contributed by atoms with Gasteiger partial charge in [-0.15, -0.1) is 0 Å². The number of thiocarbonyl (C=S) groups is 1. The van der Waals surface area contributed by atoms with E-state index in [0.717, 1.165) is 27.2 Å². The summed E-state index contributed by atoms with van der Waals surface area (Å²) in [6, 6.07) is 26.9. The molecule has 4 aromatic rings. The van der Waals surface area contributed by atoms with Crippen LogP contribution in [-0.4, -0.2) is 14.7 Å². The predicted molar refractivity (Wildman–Crippen MR) is 133 cm³/mol. The van der Waals surface area contributed by atoms with Gasteiger partial charge in [-0.05, 0) is 79.3 Å². The van der Waals surface area contributed by atoms with Crippen molar-refractivity contribution in [3.63, 3.8) is 0 Å². The molecule has 0 radical (unpaired) electrons. The van der Waals surface area contributed by atoms with Crippen molar-refractivity contribution >= 4 is 38.9 Å². The third-order valence-electron chi connectivity index (χ3n) is 5.64. The number of hydrogen-bond acceptors (Lipinski definition) is 2.